The zero-order chi connectivity index (χ0) is 24.7. The number of halogens is 1. The number of benzene rings is 3. The van der Waals surface area contributed by atoms with Gasteiger partial charge >= 0.3 is 29.6 Å². The maximum Gasteiger partial charge on any atom is 1.00 e. The number of rotatable bonds is 5. The van der Waals surface area contributed by atoms with Crippen molar-refractivity contribution in [2.45, 2.75) is 44.6 Å². The van der Waals surface area contributed by atoms with E-state index in [-0.39, 0.29) is 46.9 Å². The fourth-order valence-corrected chi connectivity index (χ4v) is 4.92. The second-order valence-corrected chi connectivity index (χ2v) is 11.3. The van der Waals surface area contributed by atoms with E-state index in [1.54, 1.807) is 30.3 Å². The van der Waals surface area contributed by atoms with Crippen molar-refractivity contribution in [2.75, 3.05) is 0 Å². The molecule has 0 aliphatic rings. The molecule has 0 saturated heterocycles. The van der Waals surface area contributed by atoms with Gasteiger partial charge in [0.05, 0.1) is 22.5 Å². The molecular weight excluding hydrogens is 493 g/mol. The molecule has 0 unspecified atom stereocenters. The van der Waals surface area contributed by atoms with E-state index >= 15 is 0 Å². The summed E-state index contributed by atoms with van der Waals surface area (Å²) in [5.74, 6) is 0.0592. The molecule has 6 nitrogen and oxygen atoms in total. The van der Waals surface area contributed by atoms with E-state index < -0.39 is 15.9 Å². The van der Waals surface area contributed by atoms with Gasteiger partial charge in [0.15, 0.2) is 0 Å². The molecule has 35 heavy (non-hydrogen) atoms. The Morgan fingerprint density at radius 3 is 2.34 bits per heavy atom. The van der Waals surface area contributed by atoms with Crippen molar-refractivity contribution in [3.05, 3.63) is 94.3 Å². The molecule has 0 bridgehead atoms. The zero-order valence-electron chi connectivity index (χ0n) is 21.5. The van der Waals surface area contributed by atoms with Gasteiger partial charge in [-0.15, -0.1) is 0 Å². The maximum absolute atomic E-state index is 12.9. The summed E-state index contributed by atoms with van der Waals surface area (Å²) in [4.78, 5) is 17.5. The first kappa shape index (κ1) is 27.4. The molecule has 9 heteroatoms. The van der Waals surface area contributed by atoms with E-state index in [4.69, 9.17) is 11.6 Å². The third kappa shape index (κ3) is 5.98. The maximum atomic E-state index is 12.9. The topological polar surface area (TPSA) is 81.1 Å². The van der Waals surface area contributed by atoms with E-state index in [0.717, 1.165) is 22.5 Å². The monoisotopic (exact) mass is 519 g/mol. The van der Waals surface area contributed by atoms with Crippen molar-refractivity contribution in [2.24, 2.45) is 0 Å². The van der Waals surface area contributed by atoms with Gasteiger partial charge in [0.25, 0.3) is 15.9 Å². The van der Waals surface area contributed by atoms with Crippen LogP contribution in [0.2, 0.25) is 5.02 Å². The summed E-state index contributed by atoms with van der Waals surface area (Å²) in [7, 11) is -4.02. The molecule has 1 N–H and O–H groups in total. The standard InChI is InChI=1S/C26H26ClN3O3S.Na.H/c1-17-28-23-14-9-18(15-24(23)30(17)16-19-7-5-6-8-22(19)27)25(31)29-34(32,33)21-12-10-20(11-13-21)26(2,3)4;;/h5-15H,16H2,1-4H3,(H,29,31);;/q;+1;-1. The Balaban J connectivity index is 0.00000228. The molecule has 0 fully saturated rings. The van der Waals surface area contributed by atoms with Gasteiger partial charge in [-0.25, -0.2) is 18.1 Å². The zero-order valence-corrected chi connectivity index (χ0v) is 24.0. The molecule has 0 atom stereocenters. The summed E-state index contributed by atoms with van der Waals surface area (Å²) in [5, 5.41) is 0.640. The third-order valence-corrected chi connectivity index (χ3v) is 7.46. The van der Waals surface area contributed by atoms with Crippen LogP contribution in [0.25, 0.3) is 11.0 Å². The van der Waals surface area contributed by atoms with Crippen LogP contribution in [0.15, 0.2) is 71.6 Å². The first-order valence-corrected chi connectivity index (χ1v) is 12.7. The van der Waals surface area contributed by atoms with Crippen molar-refractivity contribution in [1.29, 1.82) is 0 Å². The van der Waals surface area contributed by atoms with Crippen LogP contribution in [0.3, 0.4) is 0 Å². The number of amides is 1. The molecule has 0 aliphatic carbocycles. The number of hydrogen-bond acceptors (Lipinski definition) is 4. The number of aromatic nitrogens is 2. The summed E-state index contributed by atoms with van der Waals surface area (Å²) in [5.41, 5.74) is 3.47. The number of sulfonamides is 1. The molecule has 0 saturated carbocycles. The number of aryl methyl sites for hydroxylation is 1. The summed E-state index contributed by atoms with van der Waals surface area (Å²) in [6.45, 7) is 8.50. The minimum Gasteiger partial charge on any atom is -1.00 e. The first-order valence-electron chi connectivity index (χ1n) is 10.8. The Hall–Kier alpha value is -2.16. The molecule has 0 aliphatic heterocycles. The molecule has 4 rings (SSSR count). The van der Waals surface area contributed by atoms with Crippen LogP contribution >= 0.6 is 11.6 Å². The fraction of sp³-hybridized carbons (Fsp3) is 0.231. The molecule has 178 valence electrons. The molecular formula is C26H27ClN3NaO3S. The molecule has 1 heterocycles. The van der Waals surface area contributed by atoms with E-state index in [1.807, 2.05) is 56.5 Å². The summed E-state index contributed by atoms with van der Waals surface area (Å²) in [6.07, 6.45) is 0. The normalized spacial score (nSPS) is 11.8. The SMILES string of the molecule is Cc1nc2ccc(C(=O)NS(=O)(=O)c3ccc(C(C)(C)C)cc3)cc2n1Cc1ccccc1Cl.[H-].[Na+]. The number of imidazole rings is 1. The summed E-state index contributed by atoms with van der Waals surface area (Å²) < 4.78 is 29.8. The van der Waals surface area contributed by atoms with Gasteiger partial charge in [0, 0.05) is 10.6 Å². The quantitative estimate of drug-likeness (QED) is 0.411. The van der Waals surface area contributed by atoms with Crippen molar-refractivity contribution in [3.63, 3.8) is 0 Å². The van der Waals surface area contributed by atoms with Crippen LogP contribution in [0, 0.1) is 6.92 Å². The van der Waals surface area contributed by atoms with Crippen molar-refractivity contribution in [3.8, 4) is 0 Å². The van der Waals surface area contributed by atoms with Crippen molar-refractivity contribution in [1.82, 2.24) is 14.3 Å². The Morgan fingerprint density at radius 1 is 1.06 bits per heavy atom. The molecule has 1 amide bonds. The first-order chi connectivity index (χ1) is 16.0. The van der Waals surface area contributed by atoms with Gasteiger partial charge in [-0.2, -0.15) is 0 Å². The second kappa shape index (κ2) is 10.4. The molecule has 0 radical (unpaired) electrons. The van der Waals surface area contributed by atoms with Crippen LogP contribution in [-0.2, 0) is 22.0 Å². The summed E-state index contributed by atoms with van der Waals surface area (Å²) >= 11 is 6.33. The predicted octanol–water partition coefficient (Wildman–Crippen LogP) is 2.58. The van der Waals surface area contributed by atoms with Crippen LogP contribution in [0.1, 0.15) is 49.5 Å². The number of nitrogens with one attached hydrogen (secondary N) is 1. The fourth-order valence-electron chi connectivity index (χ4n) is 3.75. The second-order valence-electron chi connectivity index (χ2n) is 9.25. The van der Waals surface area contributed by atoms with E-state index in [2.05, 4.69) is 9.71 Å². The Morgan fingerprint density at radius 2 is 1.71 bits per heavy atom. The molecule has 0 spiro atoms. The third-order valence-electron chi connectivity index (χ3n) is 5.75. The van der Waals surface area contributed by atoms with Gasteiger partial charge in [-0.3, -0.25) is 4.79 Å². The number of carbonyl (C=O) groups is 1. The van der Waals surface area contributed by atoms with E-state index in [0.29, 0.717) is 17.1 Å². The van der Waals surface area contributed by atoms with E-state index in [1.165, 1.54) is 12.1 Å². The van der Waals surface area contributed by atoms with Crippen LogP contribution < -0.4 is 34.3 Å². The molecule has 1 aromatic heterocycles. The average Bonchev–Trinajstić information content (AvgIpc) is 3.09. The van der Waals surface area contributed by atoms with Crippen LogP contribution in [-0.4, -0.2) is 23.9 Å². The summed E-state index contributed by atoms with van der Waals surface area (Å²) in [6, 6.07) is 19.0. The number of nitrogens with zero attached hydrogens (tertiary/aromatic N) is 2. The smallest absolute Gasteiger partial charge is 1.00 e. The van der Waals surface area contributed by atoms with Gasteiger partial charge < -0.3 is 5.99 Å². The average molecular weight is 520 g/mol. The van der Waals surface area contributed by atoms with E-state index in [9.17, 15) is 13.2 Å². The van der Waals surface area contributed by atoms with Crippen molar-refractivity contribution >= 4 is 38.6 Å². The minimum absolute atomic E-state index is 0. The Labute approximate surface area is 234 Å². The number of hydrogen-bond donors (Lipinski definition) is 1. The van der Waals surface area contributed by atoms with Gasteiger partial charge in [0.2, 0.25) is 0 Å². The molecule has 4 aromatic rings. The van der Waals surface area contributed by atoms with Gasteiger partial charge in [0.1, 0.15) is 5.82 Å². The van der Waals surface area contributed by atoms with Crippen LogP contribution in [0.5, 0.6) is 0 Å². The molecule has 3 aromatic carbocycles. The number of carbonyl (C=O) groups excluding carboxylic acids is 1. The number of fused-ring (bicyclic) bond motifs is 1. The van der Waals surface area contributed by atoms with Gasteiger partial charge in [-0.1, -0.05) is 62.7 Å². The minimum atomic E-state index is -4.02. The van der Waals surface area contributed by atoms with Crippen LogP contribution in [0.4, 0.5) is 0 Å². The predicted molar refractivity (Wildman–Crippen MR) is 136 cm³/mol. The Kier molecular flexibility index (Phi) is 8.19. The largest absolute Gasteiger partial charge is 1.00 e. The van der Waals surface area contributed by atoms with Gasteiger partial charge in [-0.05, 0) is 59.9 Å². The Bertz CT molecular complexity index is 1500. The van der Waals surface area contributed by atoms with Crippen molar-refractivity contribution < 1.29 is 44.2 Å².